The number of aldehydes is 1. The van der Waals surface area contributed by atoms with Crippen molar-refractivity contribution in [2.24, 2.45) is 17.8 Å². The lowest BCUT2D eigenvalue weighted by Crippen LogP contribution is -2.48. The molecule has 3 heteroatoms. The number of hydrogen-bond acceptors (Lipinski definition) is 3. The lowest BCUT2D eigenvalue weighted by molar-refractivity contribution is -0.00617. The highest BCUT2D eigenvalue weighted by atomic mass is 16.5. The van der Waals surface area contributed by atoms with Crippen molar-refractivity contribution in [3.05, 3.63) is 83.4 Å². The minimum atomic E-state index is 0.304. The molecule has 4 aliphatic rings. The summed E-state index contributed by atoms with van der Waals surface area (Å²) in [6, 6.07) is 22.3. The van der Waals surface area contributed by atoms with Gasteiger partial charge in [0.2, 0.25) is 0 Å². The fourth-order valence-electron chi connectivity index (χ4n) is 7.55. The molecule has 0 heterocycles. The maximum absolute atomic E-state index is 11.7. The van der Waals surface area contributed by atoms with Gasteiger partial charge in [-0.15, -0.1) is 0 Å². The number of rotatable bonds is 7. The van der Waals surface area contributed by atoms with Gasteiger partial charge in [-0.05, 0) is 85.0 Å². The highest BCUT2D eigenvalue weighted by Crippen LogP contribution is 2.61. The van der Waals surface area contributed by atoms with Crippen molar-refractivity contribution < 1.29 is 14.3 Å². The first kappa shape index (κ1) is 21.5. The van der Waals surface area contributed by atoms with Crippen molar-refractivity contribution >= 4 is 6.29 Å². The molecule has 3 aromatic carbocycles. The lowest BCUT2D eigenvalue weighted by atomic mass is 9.48. The molecule has 4 fully saturated rings. The molecule has 0 saturated heterocycles. The number of hydrogen-bond donors (Lipinski definition) is 0. The lowest BCUT2D eigenvalue weighted by Gasteiger charge is -2.57. The first-order chi connectivity index (χ1) is 16.7. The molecule has 4 bridgehead atoms. The van der Waals surface area contributed by atoms with E-state index >= 15 is 0 Å². The molecule has 3 nitrogen and oxygen atoms in total. The van der Waals surface area contributed by atoms with E-state index in [0.717, 1.165) is 52.2 Å². The van der Waals surface area contributed by atoms with Crippen LogP contribution in [0.4, 0.5) is 0 Å². The predicted octanol–water partition coefficient (Wildman–Crippen LogP) is 7.22. The smallest absolute Gasteiger partial charge is 0.150 e. The van der Waals surface area contributed by atoms with Crippen LogP contribution in [0, 0.1) is 17.8 Å². The topological polar surface area (TPSA) is 35.5 Å². The highest BCUT2D eigenvalue weighted by Gasteiger charge is 2.52. The number of carbonyl (C=O) groups excluding carboxylic acids is 1. The Morgan fingerprint density at radius 1 is 0.853 bits per heavy atom. The summed E-state index contributed by atoms with van der Waals surface area (Å²) in [5.41, 5.74) is 5.26. The second-order valence-corrected chi connectivity index (χ2v) is 10.7. The van der Waals surface area contributed by atoms with Gasteiger partial charge in [-0.3, -0.25) is 4.79 Å². The number of methoxy groups -OCH3 is 1. The third kappa shape index (κ3) is 3.72. The summed E-state index contributed by atoms with van der Waals surface area (Å²) < 4.78 is 12.2. The van der Waals surface area contributed by atoms with E-state index in [4.69, 9.17) is 9.47 Å². The quantitative estimate of drug-likeness (QED) is 0.355. The van der Waals surface area contributed by atoms with Gasteiger partial charge >= 0.3 is 0 Å². The molecule has 3 aromatic rings. The molecule has 4 saturated carbocycles. The van der Waals surface area contributed by atoms with E-state index in [2.05, 4.69) is 18.2 Å². The van der Waals surface area contributed by atoms with Crippen LogP contribution in [-0.4, -0.2) is 13.4 Å². The van der Waals surface area contributed by atoms with Gasteiger partial charge in [0.1, 0.15) is 18.1 Å². The van der Waals surface area contributed by atoms with Gasteiger partial charge in [0.15, 0.2) is 6.29 Å². The van der Waals surface area contributed by atoms with Gasteiger partial charge in [0.25, 0.3) is 0 Å². The van der Waals surface area contributed by atoms with Crippen molar-refractivity contribution in [2.45, 2.75) is 50.5 Å². The second kappa shape index (κ2) is 8.61. The predicted molar refractivity (Wildman–Crippen MR) is 134 cm³/mol. The fourth-order valence-corrected chi connectivity index (χ4v) is 7.55. The average molecular weight is 453 g/mol. The summed E-state index contributed by atoms with van der Waals surface area (Å²) in [5, 5.41) is 0. The van der Waals surface area contributed by atoms with Crippen LogP contribution in [0.25, 0.3) is 11.1 Å². The fraction of sp³-hybridized carbons (Fsp3) is 0.387. The summed E-state index contributed by atoms with van der Waals surface area (Å²) in [5.74, 6) is 4.44. The van der Waals surface area contributed by atoms with Crippen LogP contribution >= 0.6 is 0 Å². The van der Waals surface area contributed by atoms with Gasteiger partial charge in [0.05, 0.1) is 7.11 Å². The van der Waals surface area contributed by atoms with Crippen LogP contribution in [0.2, 0.25) is 0 Å². The Hall–Kier alpha value is -3.07. The first-order valence-corrected chi connectivity index (χ1v) is 12.6. The minimum absolute atomic E-state index is 0.304. The van der Waals surface area contributed by atoms with Crippen LogP contribution in [0.5, 0.6) is 11.5 Å². The van der Waals surface area contributed by atoms with Gasteiger partial charge in [-0.1, -0.05) is 54.6 Å². The molecule has 0 unspecified atom stereocenters. The summed E-state index contributed by atoms with van der Waals surface area (Å²) in [7, 11) is 1.80. The standard InChI is InChI=1S/C31H32O3/c1-33-29-15-21(10-11-27(29)31-16-22-12-23(17-31)14-24(13-22)18-31)20-34-28-9-5-8-26(19-32)30(28)25-6-3-2-4-7-25/h2-11,15,19,22-24H,12-14,16-18,20H2,1H3. The SMILES string of the molecule is COc1cc(COc2cccc(C=O)c2-c2ccccc2)ccc1C12CC3CC(CC(C3)C1)C2. The average Bonchev–Trinajstić information content (AvgIpc) is 2.86. The van der Waals surface area contributed by atoms with Gasteiger partial charge in [0, 0.05) is 16.7 Å². The summed E-state index contributed by atoms with van der Waals surface area (Å²) in [4.78, 5) is 11.7. The Kier molecular flexibility index (Phi) is 5.44. The van der Waals surface area contributed by atoms with Crippen molar-refractivity contribution in [3.63, 3.8) is 0 Å². The number of ether oxygens (including phenoxy) is 2. The maximum atomic E-state index is 11.7. The van der Waals surface area contributed by atoms with E-state index in [0.29, 0.717) is 17.6 Å². The molecule has 174 valence electrons. The monoisotopic (exact) mass is 452 g/mol. The van der Waals surface area contributed by atoms with E-state index in [9.17, 15) is 4.79 Å². The number of carbonyl (C=O) groups is 1. The van der Waals surface area contributed by atoms with Gasteiger partial charge in [-0.2, -0.15) is 0 Å². The third-order valence-corrected chi connectivity index (χ3v) is 8.52. The summed E-state index contributed by atoms with van der Waals surface area (Å²) >= 11 is 0. The Morgan fingerprint density at radius 2 is 1.56 bits per heavy atom. The molecule has 7 rings (SSSR count). The van der Waals surface area contributed by atoms with E-state index in [1.54, 1.807) is 7.11 Å². The molecule has 4 aliphatic carbocycles. The van der Waals surface area contributed by atoms with Crippen LogP contribution in [-0.2, 0) is 12.0 Å². The summed E-state index contributed by atoms with van der Waals surface area (Å²) in [6.07, 6.45) is 9.20. The molecule has 0 atom stereocenters. The number of benzene rings is 3. The molecule has 34 heavy (non-hydrogen) atoms. The zero-order chi connectivity index (χ0) is 23.1. The largest absolute Gasteiger partial charge is 0.496 e. The molecular weight excluding hydrogens is 420 g/mol. The Balaban J connectivity index is 1.27. The van der Waals surface area contributed by atoms with Crippen molar-refractivity contribution in [1.29, 1.82) is 0 Å². The zero-order valence-electron chi connectivity index (χ0n) is 19.8. The van der Waals surface area contributed by atoms with Crippen LogP contribution in [0.1, 0.15) is 60.0 Å². The summed E-state index contributed by atoms with van der Waals surface area (Å²) in [6.45, 7) is 0.430. The second-order valence-electron chi connectivity index (χ2n) is 10.7. The Bertz CT molecular complexity index is 1160. The molecule has 0 aliphatic heterocycles. The Labute approximate surface area is 202 Å². The molecular formula is C31H32O3. The van der Waals surface area contributed by atoms with Gasteiger partial charge < -0.3 is 9.47 Å². The molecule has 0 aromatic heterocycles. The molecule has 0 radical (unpaired) electrons. The zero-order valence-corrected chi connectivity index (χ0v) is 19.8. The van der Waals surface area contributed by atoms with Crippen LogP contribution in [0.15, 0.2) is 66.7 Å². The maximum Gasteiger partial charge on any atom is 0.150 e. The highest BCUT2D eigenvalue weighted by molar-refractivity contribution is 5.90. The molecule has 0 spiro atoms. The third-order valence-electron chi connectivity index (χ3n) is 8.52. The first-order valence-electron chi connectivity index (χ1n) is 12.6. The molecule has 0 amide bonds. The molecule has 0 N–H and O–H groups in total. The van der Waals surface area contributed by atoms with E-state index < -0.39 is 0 Å². The van der Waals surface area contributed by atoms with Crippen molar-refractivity contribution in [1.82, 2.24) is 0 Å². The Morgan fingerprint density at radius 3 is 2.21 bits per heavy atom. The van der Waals surface area contributed by atoms with E-state index in [1.807, 2.05) is 48.5 Å². The van der Waals surface area contributed by atoms with E-state index in [1.165, 1.54) is 44.1 Å². The normalized spacial score (nSPS) is 26.9. The van der Waals surface area contributed by atoms with Gasteiger partial charge in [-0.25, -0.2) is 0 Å². The van der Waals surface area contributed by atoms with E-state index in [-0.39, 0.29) is 0 Å². The minimum Gasteiger partial charge on any atom is -0.496 e. The van der Waals surface area contributed by atoms with Crippen LogP contribution in [0.3, 0.4) is 0 Å². The van der Waals surface area contributed by atoms with Crippen molar-refractivity contribution in [2.75, 3.05) is 7.11 Å². The van der Waals surface area contributed by atoms with Crippen molar-refractivity contribution in [3.8, 4) is 22.6 Å². The van der Waals surface area contributed by atoms with Crippen LogP contribution < -0.4 is 9.47 Å².